The number of amides is 1. The zero-order valence-corrected chi connectivity index (χ0v) is 17.4. The number of rotatable bonds is 5. The number of hydrogen-bond acceptors (Lipinski definition) is 4. The number of benzene rings is 2. The molecule has 0 saturated carbocycles. The van der Waals surface area contributed by atoms with Crippen molar-refractivity contribution in [2.75, 3.05) is 7.05 Å². The van der Waals surface area contributed by atoms with Crippen molar-refractivity contribution in [3.8, 4) is 11.3 Å². The first-order valence-electron chi connectivity index (χ1n) is 9.05. The molecule has 1 heterocycles. The van der Waals surface area contributed by atoms with Crippen LogP contribution >= 0.6 is 0 Å². The number of furan rings is 1. The number of carbonyl (C=O) groups excluding carboxylic acids is 1. The summed E-state index contributed by atoms with van der Waals surface area (Å²) < 4.78 is 67.5. The second-order valence-electron chi connectivity index (χ2n) is 6.95. The molecule has 2 aromatic carbocycles. The summed E-state index contributed by atoms with van der Waals surface area (Å²) in [4.78, 5) is 14.1. The highest BCUT2D eigenvalue weighted by atomic mass is 32.2. The maximum Gasteiger partial charge on any atom is 0.416 e. The summed E-state index contributed by atoms with van der Waals surface area (Å²) in [7, 11) is -2.40. The molecule has 31 heavy (non-hydrogen) atoms. The standard InChI is InChI=1S/C21H19F3N2O4S/c1-13(14-5-4-8-17(12-14)31(25,28)29)26(2)20(27)19-10-9-18(30-19)15-6-3-7-16(11-15)21(22,23)24/h3-13H,1-2H3,(H2,25,28,29). The van der Waals surface area contributed by atoms with Crippen molar-refractivity contribution in [3.63, 3.8) is 0 Å². The minimum Gasteiger partial charge on any atom is -0.451 e. The SMILES string of the molecule is CC(c1cccc(S(N)(=O)=O)c1)N(C)C(=O)c1ccc(-c2cccc(C(F)(F)F)c2)o1. The van der Waals surface area contributed by atoms with Crippen molar-refractivity contribution >= 4 is 15.9 Å². The number of primary sulfonamides is 1. The number of hydrogen-bond donors (Lipinski definition) is 1. The third-order valence-corrected chi connectivity index (χ3v) is 5.77. The van der Waals surface area contributed by atoms with Crippen LogP contribution in [0.5, 0.6) is 0 Å². The molecular formula is C21H19F3N2O4S. The molecule has 1 aromatic heterocycles. The topological polar surface area (TPSA) is 93.6 Å². The predicted octanol–water partition coefficient (Wildman–Crippen LogP) is 4.45. The van der Waals surface area contributed by atoms with Crippen molar-refractivity contribution in [3.05, 3.63) is 77.6 Å². The normalized spacial score (nSPS) is 13.1. The molecule has 164 valence electrons. The zero-order valence-electron chi connectivity index (χ0n) is 16.6. The number of alkyl halides is 3. The predicted molar refractivity (Wildman–Crippen MR) is 107 cm³/mol. The third kappa shape index (κ3) is 4.97. The van der Waals surface area contributed by atoms with E-state index < -0.39 is 33.7 Å². The summed E-state index contributed by atoms with van der Waals surface area (Å²) in [5.41, 5.74) is -0.104. The molecular weight excluding hydrogens is 433 g/mol. The van der Waals surface area contributed by atoms with Gasteiger partial charge >= 0.3 is 6.18 Å². The first-order chi connectivity index (χ1) is 14.4. The molecule has 1 unspecified atom stereocenters. The van der Waals surface area contributed by atoms with Gasteiger partial charge in [0.25, 0.3) is 5.91 Å². The first-order valence-corrected chi connectivity index (χ1v) is 10.6. The van der Waals surface area contributed by atoms with Crippen LogP contribution in [-0.2, 0) is 16.2 Å². The summed E-state index contributed by atoms with van der Waals surface area (Å²) in [5, 5.41) is 5.15. The molecule has 0 spiro atoms. The van der Waals surface area contributed by atoms with Crippen molar-refractivity contribution in [2.24, 2.45) is 5.14 Å². The van der Waals surface area contributed by atoms with Crippen LogP contribution in [0.4, 0.5) is 13.2 Å². The Balaban J connectivity index is 1.84. The van der Waals surface area contributed by atoms with Gasteiger partial charge in [-0.1, -0.05) is 24.3 Å². The van der Waals surface area contributed by atoms with Crippen molar-refractivity contribution < 1.29 is 30.8 Å². The van der Waals surface area contributed by atoms with E-state index in [2.05, 4.69) is 0 Å². The fourth-order valence-electron chi connectivity index (χ4n) is 2.98. The largest absolute Gasteiger partial charge is 0.451 e. The van der Waals surface area contributed by atoms with Crippen molar-refractivity contribution in [1.82, 2.24) is 4.90 Å². The summed E-state index contributed by atoms with van der Waals surface area (Å²) in [5.74, 6) is -0.470. The highest BCUT2D eigenvalue weighted by molar-refractivity contribution is 7.89. The molecule has 2 N–H and O–H groups in total. The summed E-state index contributed by atoms with van der Waals surface area (Å²) in [6, 6.07) is 12.8. The summed E-state index contributed by atoms with van der Waals surface area (Å²) in [6.07, 6.45) is -4.50. The highest BCUT2D eigenvalue weighted by Gasteiger charge is 2.31. The number of sulfonamides is 1. The number of nitrogens with two attached hydrogens (primary N) is 1. The fourth-order valence-corrected chi connectivity index (χ4v) is 3.55. The Labute approximate surface area is 177 Å². The Bertz CT molecular complexity index is 1220. The van der Waals surface area contributed by atoms with Gasteiger partial charge in [-0.15, -0.1) is 0 Å². The van der Waals surface area contributed by atoms with Crippen LogP contribution in [0.25, 0.3) is 11.3 Å². The number of carbonyl (C=O) groups is 1. The van der Waals surface area contributed by atoms with Gasteiger partial charge in [0.2, 0.25) is 10.0 Å². The van der Waals surface area contributed by atoms with E-state index in [1.165, 1.54) is 54.4 Å². The third-order valence-electron chi connectivity index (χ3n) is 4.86. The van der Waals surface area contributed by atoms with Gasteiger partial charge in [0.15, 0.2) is 5.76 Å². The first kappa shape index (κ1) is 22.6. The summed E-state index contributed by atoms with van der Waals surface area (Å²) >= 11 is 0. The molecule has 6 nitrogen and oxygen atoms in total. The lowest BCUT2D eigenvalue weighted by atomic mass is 10.1. The Morgan fingerprint density at radius 2 is 1.74 bits per heavy atom. The molecule has 1 amide bonds. The average Bonchev–Trinajstić information content (AvgIpc) is 3.21. The molecule has 3 rings (SSSR count). The molecule has 0 bridgehead atoms. The molecule has 3 aromatic rings. The van der Waals surface area contributed by atoms with Crippen LogP contribution in [0.3, 0.4) is 0 Å². The molecule has 1 atom stereocenters. The van der Waals surface area contributed by atoms with E-state index in [4.69, 9.17) is 9.56 Å². The van der Waals surface area contributed by atoms with E-state index in [1.54, 1.807) is 13.0 Å². The maximum atomic E-state index is 12.9. The van der Waals surface area contributed by atoms with Crippen molar-refractivity contribution in [1.29, 1.82) is 0 Å². The van der Waals surface area contributed by atoms with Crippen LogP contribution in [0, 0.1) is 0 Å². The van der Waals surface area contributed by atoms with Gasteiger partial charge < -0.3 is 9.32 Å². The van der Waals surface area contributed by atoms with E-state index in [1.807, 2.05) is 0 Å². The minimum atomic E-state index is -4.50. The van der Waals surface area contributed by atoms with Crippen LogP contribution in [-0.4, -0.2) is 26.3 Å². The van der Waals surface area contributed by atoms with Gasteiger partial charge in [-0.25, -0.2) is 13.6 Å². The van der Waals surface area contributed by atoms with Crippen LogP contribution in [0.1, 0.15) is 34.6 Å². The lowest BCUT2D eigenvalue weighted by Gasteiger charge is -2.24. The van der Waals surface area contributed by atoms with Gasteiger partial charge in [-0.05, 0) is 48.9 Å². The molecule has 10 heteroatoms. The van der Waals surface area contributed by atoms with Gasteiger partial charge in [-0.3, -0.25) is 4.79 Å². The Morgan fingerprint density at radius 1 is 1.06 bits per heavy atom. The van der Waals surface area contributed by atoms with Gasteiger partial charge in [0, 0.05) is 12.6 Å². The number of halogens is 3. The smallest absolute Gasteiger partial charge is 0.416 e. The Morgan fingerprint density at radius 3 is 2.39 bits per heavy atom. The molecule has 0 aliphatic carbocycles. The second kappa shape index (κ2) is 8.20. The van der Waals surface area contributed by atoms with Crippen LogP contribution < -0.4 is 5.14 Å². The average molecular weight is 452 g/mol. The van der Waals surface area contributed by atoms with E-state index in [9.17, 15) is 26.4 Å². The van der Waals surface area contributed by atoms with Crippen LogP contribution in [0.2, 0.25) is 0 Å². The van der Waals surface area contributed by atoms with Gasteiger partial charge in [0.05, 0.1) is 16.5 Å². The van der Waals surface area contributed by atoms with Crippen LogP contribution in [0.15, 0.2) is 70.0 Å². The molecule has 0 saturated heterocycles. The Kier molecular flexibility index (Phi) is 5.97. The Hall–Kier alpha value is -3.11. The minimum absolute atomic E-state index is 0.0654. The van der Waals surface area contributed by atoms with Gasteiger partial charge in [-0.2, -0.15) is 13.2 Å². The fraction of sp³-hybridized carbons (Fsp3) is 0.190. The van der Waals surface area contributed by atoms with Crippen molar-refractivity contribution in [2.45, 2.75) is 24.0 Å². The monoisotopic (exact) mass is 452 g/mol. The second-order valence-corrected chi connectivity index (χ2v) is 8.51. The molecule has 0 aliphatic heterocycles. The molecule has 0 fully saturated rings. The summed E-state index contributed by atoms with van der Waals surface area (Å²) in [6.45, 7) is 1.69. The molecule has 0 radical (unpaired) electrons. The van der Waals surface area contributed by atoms with E-state index in [0.717, 1.165) is 12.1 Å². The quantitative estimate of drug-likeness (QED) is 0.619. The zero-order chi connectivity index (χ0) is 23.0. The van der Waals surface area contributed by atoms with E-state index in [0.29, 0.717) is 5.56 Å². The lowest BCUT2D eigenvalue weighted by molar-refractivity contribution is -0.137. The van der Waals surface area contributed by atoms with E-state index >= 15 is 0 Å². The maximum absolute atomic E-state index is 12.9. The number of nitrogens with zero attached hydrogens (tertiary/aromatic N) is 1. The lowest BCUT2D eigenvalue weighted by Crippen LogP contribution is -2.29. The molecule has 0 aliphatic rings. The van der Waals surface area contributed by atoms with E-state index in [-0.39, 0.29) is 22.0 Å². The van der Waals surface area contributed by atoms with Gasteiger partial charge in [0.1, 0.15) is 5.76 Å². The highest BCUT2D eigenvalue weighted by Crippen LogP contribution is 2.33.